The number of hydrogen-bond acceptors (Lipinski definition) is 6. The van der Waals surface area contributed by atoms with Crippen LogP contribution in [0.15, 0.2) is 24.3 Å². The lowest BCUT2D eigenvalue weighted by molar-refractivity contribution is -0.142. The fourth-order valence-corrected chi connectivity index (χ4v) is 2.23. The van der Waals surface area contributed by atoms with E-state index < -0.39 is 17.2 Å². The molecule has 0 aliphatic carbocycles. The van der Waals surface area contributed by atoms with Gasteiger partial charge in [0.15, 0.2) is 0 Å². The van der Waals surface area contributed by atoms with Crippen LogP contribution in [-0.2, 0) is 20.7 Å². The van der Waals surface area contributed by atoms with Gasteiger partial charge < -0.3 is 9.47 Å². The van der Waals surface area contributed by atoms with Crippen molar-refractivity contribution in [3.63, 3.8) is 0 Å². The van der Waals surface area contributed by atoms with Gasteiger partial charge in [0.05, 0.1) is 19.3 Å². The van der Waals surface area contributed by atoms with E-state index in [-0.39, 0.29) is 13.0 Å². The number of benzene rings is 1. The molecule has 0 saturated carbocycles. The van der Waals surface area contributed by atoms with Crippen LogP contribution < -0.4 is 0 Å². The molecule has 0 aliphatic heterocycles. The number of thiocyanates is 1. The zero-order valence-electron chi connectivity index (χ0n) is 11.3. The average molecular weight is 293 g/mol. The molecule has 1 unspecified atom stereocenters. The molecule has 0 aliphatic rings. The maximum atomic E-state index is 11.8. The van der Waals surface area contributed by atoms with E-state index >= 15 is 0 Å². The van der Waals surface area contributed by atoms with Crippen molar-refractivity contribution in [1.29, 1.82) is 5.26 Å². The zero-order valence-corrected chi connectivity index (χ0v) is 12.1. The largest absolute Gasteiger partial charge is 0.465 e. The van der Waals surface area contributed by atoms with E-state index in [4.69, 9.17) is 14.7 Å². The van der Waals surface area contributed by atoms with Gasteiger partial charge in [-0.3, -0.25) is 4.79 Å². The molecule has 1 aromatic carbocycles. The van der Waals surface area contributed by atoms with E-state index in [0.717, 1.165) is 11.8 Å². The second-order valence-electron chi connectivity index (χ2n) is 3.80. The van der Waals surface area contributed by atoms with Gasteiger partial charge in [-0.25, -0.2) is 4.79 Å². The molecule has 5 nitrogen and oxygen atoms in total. The summed E-state index contributed by atoms with van der Waals surface area (Å²) >= 11 is 0.826. The number of nitrogens with zero attached hydrogens (tertiary/aromatic N) is 1. The van der Waals surface area contributed by atoms with E-state index in [1.165, 1.54) is 7.11 Å². The lowest BCUT2D eigenvalue weighted by Crippen LogP contribution is -2.23. The third-order valence-electron chi connectivity index (χ3n) is 2.57. The molecule has 0 radical (unpaired) electrons. The number of nitriles is 1. The van der Waals surface area contributed by atoms with Gasteiger partial charge in [-0.1, -0.05) is 18.2 Å². The number of hydrogen-bond donors (Lipinski definition) is 0. The average Bonchev–Trinajstić information content (AvgIpc) is 2.46. The van der Waals surface area contributed by atoms with Crippen LogP contribution in [0, 0.1) is 10.7 Å². The maximum absolute atomic E-state index is 11.8. The highest BCUT2D eigenvalue weighted by Crippen LogP contribution is 2.20. The number of esters is 2. The van der Waals surface area contributed by atoms with Crippen LogP contribution in [0.5, 0.6) is 0 Å². The topological polar surface area (TPSA) is 76.4 Å². The Morgan fingerprint density at radius 3 is 2.70 bits per heavy atom. The van der Waals surface area contributed by atoms with E-state index in [9.17, 15) is 9.59 Å². The van der Waals surface area contributed by atoms with Gasteiger partial charge in [-0.05, 0) is 36.7 Å². The lowest BCUT2D eigenvalue weighted by Gasteiger charge is -2.13. The Morgan fingerprint density at radius 2 is 2.10 bits per heavy atom. The molecule has 0 aromatic heterocycles. The summed E-state index contributed by atoms with van der Waals surface area (Å²) in [6.07, 6.45) is 0.238. The fourth-order valence-electron chi connectivity index (χ4n) is 1.68. The highest BCUT2D eigenvalue weighted by molar-refractivity contribution is 8.04. The lowest BCUT2D eigenvalue weighted by atomic mass is 10.0. The van der Waals surface area contributed by atoms with Crippen molar-refractivity contribution in [3.05, 3.63) is 35.4 Å². The summed E-state index contributed by atoms with van der Waals surface area (Å²) in [7, 11) is 1.30. The van der Waals surface area contributed by atoms with Gasteiger partial charge in [0.1, 0.15) is 10.7 Å². The van der Waals surface area contributed by atoms with Gasteiger partial charge in [0.25, 0.3) is 0 Å². The quantitative estimate of drug-likeness (QED) is 0.591. The Morgan fingerprint density at radius 1 is 1.40 bits per heavy atom. The molecule has 0 amide bonds. The minimum Gasteiger partial charge on any atom is -0.465 e. The van der Waals surface area contributed by atoms with Crippen LogP contribution in [0.1, 0.15) is 22.8 Å². The second-order valence-corrected chi connectivity index (χ2v) is 4.79. The number of carbonyl (C=O) groups excluding carboxylic acids is 2. The highest BCUT2D eigenvalue weighted by atomic mass is 32.2. The first-order valence-electron chi connectivity index (χ1n) is 6.01. The van der Waals surface area contributed by atoms with E-state index in [2.05, 4.69) is 0 Å². The predicted octanol–water partition coefficient (Wildman–Crippen LogP) is 2.16. The summed E-state index contributed by atoms with van der Waals surface area (Å²) in [5.41, 5.74) is 1.04. The monoisotopic (exact) mass is 293 g/mol. The molecule has 0 heterocycles. The van der Waals surface area contributed by atoms with Crippen molar-refractivity contribution in [2.45, 2.75) is 18.6 Å². The van der Waals surface area contributed by atoms with Gasteiger partial charge in [-0.15, -0.1) is 0 Å². The van der Waals surface area contributed by atoms with E-state index in [1.54, 1.807) is 31.2 Å². The van der Waals surface area contributed by atoms with Gasteiger partial charge in [-0.2, -0.15) is 5.26 Å². The van der Waals surface area contributed by atoms with Crippen LogP contribution in [0.4, 0.5) is 0 Å². The molecule has 6 heteroatoms. The molecular formula is C14H15NO4S. The Balaban J connectivity index is 2.97. The minimum absolute atomic E-state index is 0.238. The summed E-state index contributed by atoms with van der Waals surface area (Å²) in [5, 5.41) is 10.00. The number of rotatable bonds is 6. The van der Waals surface area contributed by atoms with Gasteiger partial charge in [0.2, 0.25) is 0 Å². The van der Waals surface area contributed by atoms with Crippen LogP contribution in [0.2, 0.25) is 0 Å². The van der Waals surface area contributed by atoms with Crippen molar-refractivity contribution in [1.82, 2.24) is 0 Å². The summed E-state index contributed by atoms with van der Waals surface area (Å²) in [6, 6.07) is 6.84. The molecule has 0 saturated heterocycles. The standard InChI is InChI=1S/C14H15NO4S/c1-3-19-14(17)12(20-9-15)8-10-6-4-5-7-11(10)13(16)18-2/h4-7,12H,3,8H2,1-2H3. The molecule has 1 rings (SSSR count). The zero-order chi connectivity index (χ0) is 15.0. The van der Waals surface area contributed by atoms with E-state index in [0.29, 0.717) is 11.1 Å². The Labute approximate surface area is 121 Å². The minimum atomic E-state index is -0.661. The molecular weight excluding hydrogens is 278 g/mol. The first-order valence-corrected chi connectivity index (χ1v) is 6.89. The third-order valence-corrected chi connectivity index (χ3v) is 3.32. The molecule has 0 fully saturated rings. The van der Waals surface area contributed by atoms with Gasteiger partial charge >= 0.3 is 11.9 Å². The summed E-state index contributed by atoms with van der Waals surface area (Å²) in [6.45, 7) is 1.95. The van der Waals surface area contributed by atoms with Crippen molar-refractivity contribution >= 4 is 23.7 Å². The first kappa shape index (κ1) is 16.1. The van der Waals surface area contributed by atoms with Crippen LogP contribution in [0.25, 0.3) is 0 Å². The normalized spacial score (nSPS) is 11.2. The second kappa shape index (κ2) is 8.23. The van der Waals surface area contributed by atoms with Gasteiger partial charge in [0, 0.05) is 0 Å². The Kier molecular flexibility index (Phi) is 6.60. The molecule has 0 spiro atoms. The molecule has 20 heavy (non-hydrogen) atoms. The summed E-state index contributed by atoms with van der Waals surface area (Å²) in [4.78, 5) is 23.4. The number of thioether (sulfide) groups is 1. The molecule has 0 bridgehead atoms. The highest BCUT2D eigenvalue weighted by Gasteiger charge is 2.23. The van der Waals surface area contributed by atoms with E-state index in [1.807, 2.05) is 5.40 Å². The molecule has 1 aromatic rings. The molecule has 1 atom stereocenters. The van der Waals surface area contributed by atoms with Crippen molar-refractivity contribution in [2.24, 2.45) is 0 Å². The van der Waals surface area contributed by atoms with Crippen molar-refractivity contribution in [2.75, 3.05) is 13.7 Å². The van der Waals surface area contributed by atoms with Crippen LogP contribution in [0.3, 0.4) is 0 Å². The SMILES string of the molecule is CCOC(=O)C(Cc1ccccc1C(=O)OC)SC#N. The summed E-state index contributed by atoms with van der Waals surface area (Å²) in [5.74, 6) is -0.927. The number of methoxy groups -OCH3 is 1. The fraction of sp³-hybridized carbons (Fsp3) is 0.357. The van der Waals surface area contributed by atoms with Crippen LogP contribution in [-0.4, -0.2) is 30.9 Å². The smallest absolute Gasteiger partial charge is 0.338 e. The summed E-state index contributed by atoms with van der Waals surface area (Å²) < 4.78 is 9.63. The Bertz CT molecular complexity index is 524. The number of ether oxygens (including phenoxy) is 2. The molecule has 0 N–H and O–H groups in total. The van der Waals surface area contributed by atoms with Crippen molar-refractivity contribution in [3.8, 4) is 5.40 Å². The third kappa shape index (κ3) is 4.28. The number of carbonyl (C=O) groups is 2. The Hall–Kier alpha value is -2.00. The molecule has 106 valence electrons. The van der Waals surface area contributed by atoms with Crippen molar-refractivity contribution < 1.29 is 19.1 Å². The predicted molar refractivity (Wildman–Crippen MR) is 75.1 cm³/mol. The van der Waals surface area contributed by atoms with Crippen LogP contribution >= 0.6 is 11.8 Å². The maximum Gasteiger partial charge on any atom is 0.338 e. The first-order chi connectivity index (χ1) is 9.63.